The molecule has 1 aromatic carbocycles. The molecular weight excluding hydrogens is 222 g/mol. The Morgan fingerprint density at radius 3 is 3.00 bits per heavy atom. The number of methoxy groups -OCH3 is 1. The highest BCUT2D eigenvalue weighted by Gasteiger charge is 2.16. The van der Waals surface area contributed by atoms with Crippen LogP contribution in [0, 0.1) is 0 Å². The van der Waals surface area contributed by atoms with E-state index in [1.807, 2.05) is 24.5 Å². The molecule has 0 saturated carbocycles. The first kappa shape index (κ1) is 11.2. The molecule has 0 radical (unpaired) electrons. The van der Waals surface area contributed by atoms with Gasteiger partial charge in [-0.25, -0.2) is 4.79 Å². The highest BCUT2D eigenvalue weighted by Crippen LogP contribution is 2.22. The van der Waals surface area contributed by atoms with E-state index >= 15 is 0 Å². The summed E-state index contributed by atoms with van der Waals surface area (Å²) in [7, 11) is 1.39. The Bertz CT molecular complexity index is 454. The van der Waals surface area contributed by atoms with Crippen molar-refractivity contribution in [3.8, 4) is 0 Å². The van der Waals surface area contributed by atoms with E-state index in [0.717, 1.165) is 23.6 Å². The molecule has 0 spiro atoms. The van der Waals surface area contributed by atoms with Crippen molar-refractivity contribution in [2.75, 3.05) is 19.9 Å². The van der Waals surface area contributed by atoms with Crippen LogP contribution in [0.25, 0.3) is 0 Å². The van der Waals surface area contributed by atoms with Crippen molar-refractivity contribution in [2.45, 2.75) is 6.42 Å². The number of hydrogen-bond acceptors (Lipinski definition) is 4. The summed E-state index contributed by atoms with van der Waals surface area (Å²) in [5.41, 5.74) is 2.92. The van der Waals surface area contributed by atoms with E-state index in [1.165, 1.54) is 12.7 Å². The molecule has 2 rings (SSSR count). The third kappa shape index (κ3) is 1.97. The fourth-order valence-electron chi connectivity index (χ4n) is 1.78. The lowest BCUT2D eigenvalue weighted by Gasteiger charge is -2.15. The molecule has 4 heteroatoms. The second-order valence-corrected chi connectivity index (χ2v) is 4.30. The Kier molecular flexibility index (Phi) is 3.29. The summed E-state index contributed by atoms with van der Waals surface area (Å²) in [6.07, 6.45) is 2.94. The van der Waals surface area contributed by atoms with Gasteiger partial charge in [0.15, 0.2) is 0 Å². The van der Waals surface area contributed by atoms with Gasteiger partial charge in [0.25, 0.3) is 0 Å². The third-order valence-electron chi connectivity index (χ3n) is 2.59. The number of esters is 1. The smallest absolute Gasteiger partial charge is 0.337 e. The van der Waals surface area contributed by atoms with Crippen LogP contribution in [0.1, 0.15) is 21.5 Å². The number of aliphatic imine (C=N–C) groups is 1. The predicted octanol–water partition coefficient (Wildman–Crippen LogP) is 2.14. The van der Waals surface area contributed by atoms with Crippen molar-refractivity contribution in [3.63, 3.8) is 0 Å². The van der Waals surface area contributed by atoms with Gasteiger partial charge in [0.2, 0.25) is 0 Å². The summed E-state index contributed by atoms with van der Waals surface area (Å²) in [5, 5.41) is 1.01. The second-order valence-electron chi connectivity index (χ2n) is 3.50. The zero-order valence-electron chi connectivity index (χ0n) is 9.32. The Hall–Kier alpha value is -1.29. The number of carbonyl (C=O) groups is 1. The summed E-state index contributed by atoms with van der Waals surface area (Å²) >= 11 is 1.61. The lowest BCUT2D eigenvalue weighted by molar-refractivity contribution is 0.0600. The zero-order chi connectivity index (χ0) is 11.5. The second kappa shape index (κ2) is 4.70. The van der Waals surface area contributed by atoms with E-state index in [-0.39, 0.29) is 5.97 Å². The molecule has 0 N–H and O–H groups in total. The third-order valence-corrected chi connectivity index (χ3v) is 3.33. The van der Waals surface area contributed by atoms with Gasteiger partial charge in [-0.05, 0) is 30.4 Å². The van der Waals surface area contributed by atoms with E-state index in [0.29, 0.717) is 5.56 Å². The number of thioether (sulfide) groups is 1. The van der Waals surface area contributed by atoms with Crippen LogP contribution in [0.2, 0.25) is 0 Å². The van der Waals surface area contributed by atoms with Crippen molar-refractivity contribution in [3.05, 3.63) is 34.9 Å². The summed E-state index contributed by atoms with van der Waals surface area (Å²) in [6.45, 7) is 0.834. The summed E-state index contributed by atoms with van der Waals surface area (Å²) < 4.78 is 4.71. The van der Waals surface area contributed by atoms with Crippen LogP contribution >= 0.6 is 11.8 Å². The SMILES string of the molecule is COC(=O)c1ccc2c(c1)C(SC)=NCC2. The monoisotopic (exact) mass is 235 g/mol. The highest BCUT2D eigenvalue weighted by molar-refractivity contribution is 8.13. The van der Waals surface area contributed by atoms with Gasteiger partial charge in [-0.2, -0.15) is 0 Å². The molecule has 0 aliphatic carbocycles. The minimum absolute atomic E-state index is 0.297. The van der Waals surface area contributed by atoms with E-state index in [4.69, 9.17) is 4.74 Å². The maximum absolute atomic E-state index is 11.4. The van der Waals surface area contributed by atoms with Crippen LogP contribution in [0.15, 0.2) is 23.2 Å². The molecule has 0 saturated heterocycles. The van der Waals surface area contributed by atoms with Gasteiger partial charge in [-0.1, -0.05) is 6.07 Å². The molecular formula is C12H13NO2S. The van der Waals surface area contributed by atoms with E-state index in [2.05, 4.69) is 4.99 Å². The molecule has 16 heavy (non-hydrogen) atoms. The number of rotatable bonds is 1. The highest BCUT2D eigenvalue weighted by atomic mass is 32.2. The van der Waals surface area contributed by atoms with Crippen molar-refractivity contribution in [2.24, 2.45) is 4.99 Å². The molecule has 0 bridgehead atoms. The molecule has 1 aliphatic heterocycles. The van der Waals surface area contributed by atoms with Gasteiger partial charge >= 0.3 is 5.97 Å². The van der Waals surface area contributed by atoms with Crippen molar-refractivity contribution < 1.29 is 9.53 Å². The molecule has 0 aromatic heterocycles. The van der Waals surface area contributed by atoms with Gasteiger partial charge in [0.05, 0.1) is 17.7 Å². The van der Waals surface area contributed by atoms with Gasteiger partial charge in [-0.15, -0.1) is 11.8 Å². The molecule has 3 nitrogen and oxygen atoms in total. The standard InChI is InChI=1S/C12H13NO2S/c1-15-12(14)9-4-3-8-5-6-13-11(16-2)10(8)7-9/h3-4,7H,5-6H2,1-2H3. The van der Waals surface area contributed by atoms with Crippen LogP contribution in [0.5, 0.6) is 0 Å². The maximum Gasteiger partial charge on any atom is 0.337 e. The summed E-state index contributed by atoms with van der Waals surface area (Å²) in [6, 6.07) is 5.68. The van der Waals surface area contributed by atoms with Gasteiger partial charge in [0, 0.05) is 12.1 Å². The minimum Gasteiger partial charge on any atom is -0.465 e. The largest absolute Gasteiger partial charge is 0.465 e. The minimum atomic E-state index is -0.297. The number of hydrogen-bond donors (Lipinski definition) is 0. The normalized spacial score (nSPS) is 14.0. The maximum atomic E-state index is 11.4. The summed E-state index contributed by atoms with van der Waals surface area (Å²) in [5.74, 6) is -0.297. The van der Waals surface area contributed by atoms with Crippen LogP contribution in [0.3, 0.4) is 0 Å². The molecule has 0 unspecified atom stereocenters. The predicted molar refractivity (Wildman–Crippen MR) is 66.4 cm³/mol. The Labute approximate surface area is 98.9 Å². The molecule has 1 heterocycles. The van der Waals surface area contributed by atoms with Crippen molar-refractivity contribution >= 4 is 22.8 Å². The Balaban J connectivity index is 2.45. The average molecular weight is 235 g/mol. The summed E-state index contributed by atoms with van der Waals surface area (Å²) in [4.78, 5) is 15.9. The van der Waals surface area contributed by atoms with Crippen LogP contribution in [-0.2, 0) is 11.2 Å². The molecule has 1 aliphatic rings. The topological polar surface area (TPSA) is 38.7 Å². The van der Waals surface area contributed by atoms with Crippen LogP contribution < -0.4 is 0 Å². The molecule has 0 fully saturated rings. The van der Waals surface area contributed by atoms with E-state index in [1.54, 1.807) is 11.8 Å². The van der Waals surface area contributed by atoms with Gasteiger partial charge < -0.3 is 4.74 Å². The number of benzene rings is 1. The first-order chi connectivity index (χ1) is 7.76. The van der Waals surface area contributed by atoms with Crippen molar-refractivity contribution in [1.29, 1.82) is 0 Å². The lowest BCUT2D eigenvalue weighted by Crippen LogP contribution is -2.12. The number of carbonyl (C=O) groups excluding carboxylic acids is 1. The van der Waals surface area contributed by atoms with Gasteiger partial charge in [-0.3, -0.25) is 4.99 Å². The van der Waals surface area contributed by atoms with Crippen LogP contribution in [0.4, 0.5) is 0 Å². The lowest BCUT2D eigenvalue weighted by atomic mass is 10.0. The number of nitrogens with zero attached hydrogens (tertiary/aromatic N) is 1. The fraction of sp³-hybridized carbons (Fsp3) is 0.333. The van der Waals surface area contributed by atoms with Crippen LogP contribution in [-0.4, -0.2) is 30.9 Å². The average Bonchev–Trinajstić information content (AvgIpc) is 2.36. The number of ether oxygens (including phenoxy) is 1. The number of fused-ring (bicyclic) bond motifs is 1. The molecule has 0 atom stereocenters. The first-order valence-corrected chi connectivity index (χ1v) is 6.29. The van der Waals surface area contributed by atoms with Gasteiger partial charge in [0.1, 0.15) is 0 Å². The fourth-order valence-corrected chi connectivity index (χ4v) is 2.41. The molecule has 84 valence electrons. The molecule has 0 amide bonds. The van der Waals surface area contributed by atoms with Crippen molar-refractivity contribution in [1.82, 2.24) is 0 Å². The Morgan fingerprint density at radius 1 is 1.50 bits per heavy atom. The van der Waals surface area contributed by atoms with E-state index in [9.17, 15) is 4.79 Å². The Morgan fingerprint density at radius 2 is 2.31 bits per heavy atom. The molecule has 1 aromatic rings. The zero-order valence-corrected chi connectivity index (χ0v) is 10.1. The van der Waals surface area contributed by atoms with E-state index < -0.39 is 0 Å². The first-order valence-electron chi connectivity index (χ1n) is 5.06. The quantitative estimate of drug-likeness (QED) is 0.700.